The number of benzene rings is 2. The minimum Gasteiger partial charge on any atom is -0.451 e. The molecule has 0 bridgehead atoms. The van der Waals surface area contributed by atoms with E-state index >= 15 is 0 Å². The Morgan fingerprint density at radius 2 is 1.77 bits per heavy atom. The summed E-state index contributed by atoms with van der Waals surface area (Å²) < 4.78 is 4.93. The Morgan fingerprint density at radius 1 is 1.12 bits per heavy atom. The Kier molecular flexibility index (Phi) is 6.69. The number of nitrogens with zero attached hydrogens (tertiary/aromatic N) is 1. The van der Waals surface area contributed by atoms with Crippen molar-refractivity contribution < 1.29 is 14.3 Å². The van der Waals surface area contributed by atoms with E-state index in [2.05, 4.69) is 5.32 Å². The smallest absolute Gasteiger partial charge is 0.349 e. The van der Waals surface area contributed by atoms with Crippen LogP contribution in [0, 0.1) is 18.3 Å². The van der Waals surface area contributed by atoms with Crippen molar-refractivity contribution in [3.8, 4) is 6.07 Å². The highest BCUT2D eigenvalue weighted by Gasteiger charge is 2.13. The van der Waals surface area contributed by atoms with Crippen molar-refractivity contribution in [2.24, 2.45) is 0 Å². The molecule has 0 spiro atoms. The first-order chi connectivity index (χ1) is 12.5. The molecular formula is C21H20N2O3. The number of carbonyl (C=O) groups is 2. The SMILES string of the molecule is CCc1ccc(NC(=O)COC(=O)/C(C#N)=C/c2ccc(C)cc2)cc1. The van der Waals surface area contributed by atoms with Gasteiger partial charge in [-0.2, -0.15) is 5.26 Å². The third-order valence-electron chi connectivity index (χ3n) is 3.71. The highest BCUT2D eigenvalue weighted by Crippen LogP contribution is 2.11. The zero-order valence-electron chi connectivity index (χ0n) is 14.8. The highest BCUT2D eigenvalue weighted by molar-refractivity contribution is 6.00. The third kappa shape index (κ3) is 5.60. The number of rotatable bonds is 6. The molecule has 0 fully saturated rings. The molecule has 1 amide bonds. The maximum Gasteiger partial charge on any atom is 0.349 e. The van der Waals surface area contributed by atoms with Gasteiger partial charge in [0.05, 0.1) is 0 Å². The van der Waals surface area contributed by atoms with Crippen LogP contribution >= 0.6 is 0 Å². The normalized spacial score (nSPS) is 10.7. The number of hydrogen-bond donors (Lipinski definition) is 1. The molecule has 2 aromatic rings. The summed E-state index contributed by atoms with van der Waals surface area (Å²) in [7, 11) is 0. The van der Waals surface area contributed by atoms with Gasteiger partial charge in [0.25, 0.3) is 5.91 Å². The molecule has 0 aliphatic heterocycles. The summed E-state index contributed by atoms with van der Waals surface area (Å²) in [4.78, 5) is 23.9. The first kappa shape index (κ1) is 18.9. The lowest BCUT2D eigenvalue weighted by Gasteiger charge is -2.07. The summed E-state index contributed by atoms with van der Waals surface area (Å²) in [5, 5.41) is 11.8. The zero-order valence-corrected chi connectivity index (χ0v) is 14.8. The highest BCUT2D eigenvalue weighted by atomic mass is 16.5. The van der Waals surface area contributed by atoms with Crippen LogP contribution in [-0.4, -0.2) is 18.5 Å². The number of nitrogens with one attached hydrogen (secondary N) is 1. The fraction of sp³-hybridized carbons (Fsp3) is 0.190. The Morgan fingerprint density at radius 3 is 2.35 bits per heavy atom. The van der Waals surface area contributed by atoms with Gasteiger partial charge in [0.15, 0.2) is 6.61 Å². The Balaban J connectivity index is 1.92. The number of amides is 1. The molecule has 0 heterocycles. The molecule has 0 saturated heterocycles. The Hall–Kier alpha value is -3.39. The lowest BCUT2D eigenvalue weighted by atomic mass is 10.1. The molecular weight excluding hydrogens is 328 g/mol. The molecule has 0 aliphatic rings. The van der Waals surface area contributed by atoms with Crippen LogP contribution in [0.1, 0.15) is 23.6 Å². The fourth-order valence-electron chi connectivity index (χ4n) is 2.20. The number of esters is 1. The van der Waals surface area contributed by atoms with Gasteiger partial charge in [-0.15, -0.1) is 0 Å². The number of nitriles is 1. The van der Waals surface area contributed by atoms with E-state index in [0.717, 1.165) is 17.5 Å². The number of ether oxygens (including phenoxy) is 1. The van der Waals surface area contributed by atoms with Gasteiger partial charge in [-0.05, 0) is 42.7 Å². The van der Waals surface area contributed by atoms with Crippen LogP contribution in [0.25, 0.3) is 6.08 Å². The summed E-state index contributed by atoms with van der Waals surface area (Å²) in [6, 6.07) is 16.6. The summed E-state index contributed by atoms with van der Waals surface area (Å²) in [5.74, 6) is -1.29. The second kappa shape index (κ2) is 9.19. The van der Waals surface area contributed by atoms with Crippen molar-refractivity contribution in [1.29, 1.82) is 5.26 Å². The number of hydrogen-bond acceptors (Lipinski definition) is 4. The lowest BCUT2D eigenvalue weighted by Crippen LogP contribution is -2.21. The van der Waals surface area contributed by atoms with E-state index in [1.807, 2.05) is 38.1 Å². The average Bonchev–Trinajstić information content (AvgIpc) is 2.66. The maximum atomic E-state index is 12.0. The number of carbonyl (C=O) groups excluding carboxylic acids is 2. The molecule has 0 unspecified atom stereocenters. The van der Waals surface area contributed by atoms with Crippen LogP contribution in [0.15, 0.2) is 54.1 Å². The van der Waals surface area contributed by atoms with E-state index in [0.29, 0.717) is 11.3 Å². The molecule has 0 aromatic heterocycles. The Labute approximate surface area is 152 Å². The van der Waals surface area contributed by atoms with Gasteiger partial charge < -0.3 is 10.1 Å². The second-order valence-electron chi connectivity index (χ2n) is 5.76. The van der Waals surface area contributed by atoms with Gasteiger partial charge in [-0.3, -0.25) is 4.79 Å². The molecule has 26 heavy (non-hydrogen) atoms. The van der Waals surface area contributed by atoms with Crippen LogP contribution in [0.4, 0.5) is 5.69 Å². The third-order valence-corrected chi connectivity index (χ3v) is 3.71. The minimum absolute atomic E-state index is 0.158. The number of anilines is 1. The molecule has 5 nitrogen and oxygen atoms in total. The van der Waals surface area contributed by atoms with Crippen LogP contribution in [0.2, 0.25) is 0 Å². The van der Waals surface area contributed by atoms with Gasteiger partial charge in [0.2, 0.25) is 0 Å². The molecule has 0 atom stereocenters. The van der Waals surface area contributed by atoms with Gasteiger partial charge >= 0.3 is 5.97 Å². The molecule has 0 saturated carbocycles. The first-order valence-corrected chi connectivity index (χ1v) is 8.26. The van der Waals surface area contributed by atoms with E-state index in [1.54, 1.807) is 30.3 Å². The van der Waals surface area contributed by atoms with Crippen molar-refractivity contribution in [3.63, 3.8) is 0 Å². The quantitative estimate of drug-likeness (QED) is 0.491. The average molecular weight is 348 g/mol. The minimum atomic E-state index is -0.829. The Bertz CT molecular complexity index is 844. The molecule has 2 rings (SSSR count). The molecule has 132 valence electrons. The van der Waals surface area contributed by atoms with Gasteiger partial charge in [-0.1, -0.05) is 48.9 Å². The van der Waals surface area contributed by atoms with Crippen LogP contribution in [0.5, 0.6) is 0 Å². The van der Waals surface area contributed by atoms with Gasteiger partial charge in [0.1, 0.15) is 11.6 Å². The van der Waals surface area contributed by atoms with E-state index in [-0.39, 0.29) is 5.57 Å². The topological polar surface area (TPSA) is 79.2 Å². The molecule has 2 aromatic carbocycles. The van der Waals surface area contributed by atoms with Crippen LogP contribution in [0.3, 0.4) is 0 Å². The molecule has 1 N–H and O–H groups in total. The van der Waals surface area contributed by atoms with Crippen LogP contribution in [-0.2, 0) is 20.7 Å². The van der Waals surface area contributed by atoms with E-state index < -0.39 is 18.5 Å². The van der Waals surface area contributed by atoms with Crippen molar-refractivity contribution >= 4 is 23.6 Å². The summed E-state index contributed by atoms with van der Waals surface area (Å²) in [6.45, 7) is 3.53. The zero-order chi connectivity index (χ0) is 18.9. The molecule has 0 aliphatic carbocycles. The van der Waals surface area contributed by atoms with Gasteiger partial charge in [-0.25, -0.2) is 4.79 Å². The summed E-state index contributed by atoms with van der Waals surface area (Å²) in [5.41, 5.74) is 3.42. The largest absolute Gasteiger partial charge is 0.451 e. The van der Waals surface area contributed by atoms with Crippen molar-refractivity contribution in [2.75, 3.05) is 11.9 Å². The summed E-state index contributed by atoms with van der Waals surface area (Å²) in [6.07, 6.45) is 2.35. The monoisotopic (exact) mass is 348 g/mol. The predicted octanol–water partition coefficient (Wildman–Crippen LogP) is 3.65. The van der Waals surface area contributed by atoms with Crippen molar-refractivity contribution in [3.05, 3.63) is 70.8 Å². The van der Waals surface area contributed by atoms with Crippen molar-refractivity contribution in [2.45, 2.75) is 20.3 Å². The van der Waals surface area contributed by atoms with Gasteiger partial charge in [0, 0.05) is 5.69 Å². The number of aryl methyl sites for hydroxylation is 2. The predicted molar refractivity (Wildman–Crippen MR) is 100 cm³/mol. The summed E-state index contributed by atoms with van der Waals surface area (Å²) >= 11 is 0. The molecule has 5 heteroatoms. The van der Waals surface area contributed by atoms with Crippen molar-refractivity contribution in [1.82, 2.24) is 0 Å². The fourth-order valence-corrected chi connectivity index (χ4v) is 2.20. The molecule has 0 radical (unpaired) electrons. The van der Waals surface area contributed by atoms with E-state index in [9.17, 15) is 9.59 Å². The van der Waals surface area contributed by atoms with Crippen LogP contribution < -0.4 is 5.32 Å². The lowest BCUT2D eigenvalue weighted by molar-refractivity contribution is -0.142. The second-order valence-corrected chi connectivity index (χ2v) is 5.76. The standard InChI is InChI=1S/C21H20N2O3/c1-3-16-8-10-19(11-9-16)23-20(24)14-26-21(25)18(13-22)12-17-6-4-15(2)5-7-17/h4-12H,3,14H2,1-2H3,(H,23,24)/b18-12+. The van der Waals surface area contributed by atoms with E-state index in [4.69, 9.17) is 10.00 Å². The first-order valence-electron chi connectivity index (χ1n) is 8.26. The van der Waals surface area contributed by atoms with E-state index in [1.165, 1.54) is 6.08 Å². The maximum absolute atomic E-state index is 12.0.